The lowest BCUT2D eigenvalue weighted by Crippen LogP contribution is -2.17. The van der Waals surface area contributed by atoms with Crippen molar-refractivity contribution in [3.63, 3.8) is 0 Å². The Morgan fingerprint density at radius 3 is 2.60 bits per heavy atom. The van der Waals surface area contributed by atoms with Crippen LogP contribution in [-0.4, -0.2) is 32.3 Å². The molecule has 0 saturated carbocycles. The number of aromatic nitrogens is 2. The summed E-state index contributed by atoms with van der Waals surface area (Å²) in [6.07, 6.45) is 2.94. The van der Waals surface area contributed by atoms with E-state index < -0.39 is 26.8 Å². The lowest BCUT2D eigenvalue weighted by atomic mass is 10.2. The van der Waals surface area contributed by atoms with Gasteiger partial charge in [-0.3, -0.25) is 30.4 Å². The molecule has 130 valence electrons. The molecule has 0 amide bonds. The SMILES string of the molecule is CSc1nc(C)c(/C=N/Nc2ccc([N+](=O)[O-])cc2[N+](=O)[O-])c(=O)[nH]1. The molecule has 1 aromatic carbocycles. The van der Waals surface area contributed by atoms with Gasteiger partial charge < -0.3 is 4.98 Å². The van der Waals surface area contributed by atoms with Crippen LogP contribution in [0.25, 0.3) is 0 Å². The fourth-order valence-electron chi connectivity index (χ4n) is 1.86. The lowest BCUT2D eigenvalue weighted by Gasteiger charge is -2.03. The van der Waals surface area contributed by atoms with E-state index >= 15 is 0 Å². The van der Waals surface area contributed by atoms with Crippen molar-refractivity contribution in [1.29, 1.82) is 0 Å². The molecule has 0 aliphatic heterocycles. The maximum atomic E-state index is 11.9. The number of nitrogens with one attached hydrogen (secondary N) is 2. The zero-order chi connectivity index (χ0) is 18.6. The predicted octanol–water partition coefficient (Wildman–Crippen LogP) is 2.06. The highest BCUT2D eigenvalue weighted by molar-refractivity contribution is 7.98. The summed E-state index contributed by atoms with van der Waals surface area (Å²) in [7, 11) is 0. The summed E-state index contributed by atoms with van der Waals surface area (Å²) < 4.78 is 0. The van der Waals surface area contributed by atoms with E-state index in [-0.39, 0.29) is 11.3 Å². The molecule has 0 aliphatic rings. The van der Waals surface area contributed by atoms with E-state index in [2.05, 4.69) is 20.5 Å². The number of nitro benzene ring substituents is 2. The van der Waals surface area contributed by atoms with Gasteiger partial charge in [0.05, 0.1) is 33.4 Å². The first-order valence-corrected chi connectivity index (χ1v) is 7.92. The molecule has 12 heteroatoms. The van der Waals surface area contributed by atoms with Crippen LogP contribution >= 0.6 is 11.8 Å². The van der Waals surface area contributed by atoms with Crippen LogP contribution in [0, 0.1) is 27.2 Å². The number of thioether (sulfide) groups is 1. The van der Waals surface area contributed by atoms with Gasteiger partial charge in [0.15, 0.2) is 5.16 Å². The van der Waals surface area contributed by atoms with Crippen LogP contribution in [0.15, 0.2) is 33.3 Å². The standard InChI is InChI=1S/C13H12N6O5S/c1-7-9(12(20)16-13(15-7)25-2)6-14-17-10-4-3-8(18(21)22)5-11(10)19(23)24/h3-6,17H,1-2H3,(H,15,16,20)/b14-6+. The second-order valence-corrected chi connectivity index (χ2v) is 5.45. The molecule has 25 heavy (non-hydrogen) atoms. The first kappa shape index (κ1) is 18.1. The number of anilines is 1. The average molecular weight is 364 g/mol. The summed E-state index contributed by atoms with van der Waals surface area (Å²) in [4.78, 5) is 38.9. The van der Waals surface area contributed by atoms with Gasteiger partial charge in [0.2, 0.25) is 0 Å². The fraction of sp³-hybridized carbons (Fsp3) is 0.154. The predicted molar refractivity (Wildman–Crippen MR) is 92.3 cm³/mol. The number of aryl methyl sites for hydroxylation is 1. The van der Waals surface area contributed by atoms with Crippen LogP contribution in [0.2, 0.25) is 0 Å². The Balaban J connectivity index is 2.30. The molecular weight excluding hydrogens is 352 g/mol. The van der Waals surface area contributed by atoms with E-state index in [1.54, 1.807) is 13.2 Å². The third-order valence-electron chi connectivity index (χ3n) is 3.08. The molecule has 0 saturated heterocycles. The molecule has 2 N–H and O–H groups in total. The Morgan fingerprint density at radius 1 is 1.32 bits per heavy atom. The summed E-state index contributed by atoms with van der Waals surface area (Å²) >= 11 is 1.28. The Hall–Kier alpha value is -3.28. The van der Waals surface area contributed by atoms with E-state index in [0.717, 1.165) is 12.1 Å². The fourth-order valence-corrected chi connectivity index (χ4v) is 2.29. The summed E-state index contributed by atoms with van der Waals surface area (Å²) in [5.41, 5.74) is 1.68. The quantitative estimate of drug-likeness (QED) is 0.259. The van der Waals surface area contributed by atoms with Crippen LogP contribution in [0.4, 0.5) is 17.1 Å². The van der Waals surface area contributed by atoms with Crippen molar-refractivity contribution in [2.24, 2.45) is 5.10 Å². The number of benzene rings is 1. The highest BCUT2D eigenvalue weighted by atomic mass is 32.2. The molecular formula is C13H12N6O5S. The van der Waals surface area contributed by atoms with Gasteiger partial charge in [-0.25, -0.2) is 4.98 Å². The van der Waals surface area contributed by atoms with Crippen molar-refractivity contribution >= 4 is 35.0 Å². The van der Waals surface area contributed by atoms with Crippen LogP contribution in [-0.2, 0) is 0 Å². The van der Waals surface area contributed by atoms with E-state index in [4.69, 9.17) is 0 Å². The van der Waals surface area contributed by atoms with E-state index in [1.807, 2.05) is 0 Å². The first-order chi connectivity index (χ1) is 11.8. The highest BCUT2D eigenvalue weighted by Gasteiger charge is 2.19. The van der Waals surface area contributed by atoms with Crippen LogP contribution < -0.4 is 11.0 Å². The average Bonchev–Trinajstić information content (AvgIpc) is 2.56. The monoisotopic (exact) mass is 364 g/mol. The van der Waals surface area contributed by atoms with Crippen molar-refractivity contribution in [1.82, 2.24) is 9.97 Å². The number of rotatable bonds is 6. The van der Waals surface area contributed by atoms with Crippen LogP contribution in [0.1, 0.15) is 11.3 Å². The maximum absolute atomic E-state index is 11.9. The van der Waals surface area contributed by atoms with Crippen molar-refractivity contribution in [3.8, 4) is 0 Å². The second kappa shape index (κ2) is 7.53. The highest BCUT2D eigenvalue weighted by Crippen LogP contribution is 2.28. The summed E-state index contributed by atoms with van der Waals surface area (Å²) in [6.45, 7) is 1.63. The maximum Gasteiger partial charge on any atom is 0.301 e. The first-order valence-electron chi connectivity index (χ1n) is 6.70. The lowest BCUT2D eigenvalue weighted by molar-refractivity contribution is -0.393. The number of hydrogen-bond donors (Lipinski definition) is 2. The number of non-ortho nitro benzene ring substituents is 1. The van der Waals surface area contributed by atoms with E-state index in [1.165, 1.54) is 24.0 Å². The largest absolute Gasteiger partial charge is 0.301 e. The van der Waals surface area contributed by atoms with Crippen molar-refractivity contribution in [2.45, 2.75) is 12.1 Å². The van der Waals surface area contributed by atoms with Gasteiger partial charge in [-0.15, -0.1) is 0 Å². The van der Waals surface area contributed by atoms with Gasteiger partial charge in [-0.05, 0) is 19.2 Å². The van der Waals surface area contributed by atoms with E-state index in [0.29, 0.717) is 10.9 Å². The van der Waals surface area contributed by atoms with Gasteiger partial charge in [-0.2, -0.15) is 5.10 Å². The molecule has 1 aromatic heterocycles. The Morgan fingerprint density at radius 2 is 2.04 bits per heavy atom. The number of nitrogens with zero attached hydrogens (tertiary/aromatic N) is 4. The van der Waals surface area contributed by atoms with Crippen molar-refractivity contribution in [3.05, 3.63) is 60.0 Å². The second-order valence-electron chi connectivity index (χ2n) is 4.66. The summed E-state index contributed by atoms with van der Waals surface area (Å²) in [6, 6.07) is 3.10. The molecule has 0 radical (unpaired) electrons. The molecule has 0 spiro atoms. The molecule has 0 aliphatic carbocycles. The number of H-pyrrole nitrogens is 1. The third kappa shape index (κ3) is 4.17. The Kier molecular flexibility index (Phi) is 5.44. The van der Waals surface area contributed by atoms with Gasteiger partial charge >= 0.3 is 5.69 Å². The summed E-state index contributed by atoms with van der Waals surface area (Å²) in [5, 5.41) is 26.0. The van der Waals surface area contributed by atoms with Crippen LogP contribution in [0.3, 0.4) is 0 Å². The van der Waals surface area contributed by atoms with Gasteiger partial charge in [0.1, 0.15) is 5.69 Å². The molecule has 2 rings (SSSR count). The van der Waals surface area contributed by atoms with Crippen molar-refractivity contribution in [2.75, 3.05) is 11.7 Å². The van der Waals surface area contributed by atoms with E-state index in [9.17, 15) is 25.0 Å². The van der Waals surface area contributed by atoms with Crippen molar-refractivity contribution < 1.29 is 9.85 Å². The number of aromatic amines is 1. The number of nitro groups is 2. The minimum atomic E-state index is -0.766. The minimum Gasteiger partial charge on any atom is -0.301 e. The molecule has 1 heterocycles. The molecule has 0 bridgehead atoms. The smallest absolute Gasteiger partial charge is 0.301 e. The zero-order valence-electron chi connectivity index (χ0n) is 13.0. The van der Waals surface area contributed by atoms with Gasteiger partial charge in [0.25, 0.3) is 11.2 Å². The normalized spacial score (nSPS) is 10.8. The Labute approximate surface area is 144 Å². The molecule has 0 unspecified atom stereocenters. The zero-order valence-corrected chi connectivity index (χ0v) is 13.9. The summed E-state index contributed by atoms with van der Waals surface area (Å²) in [5.74, 6) is 0. The molecule has 2 aromatic rings. The number of hydrazone groups is 1. The molecule has 0 atom stereocenters. The molecule has 0 fully saturated rings. The Bertz CT molecular complexity index is 926. The number of hydrogen-bond acceptors (Lipinski definition) is 9. The van der Waals surface area contributed by atoms with Gasteiger partial charge in [-0.1, -0.05) is 11.8 Å². The van der Waals surface area contributed by atoms with Crippen LogP contribution in [0.5, 0.6) is 0 Å². The van der Waals surface area contributed by atoms with Gasteiger partial charge in [0, 0.05) is 6.07 Å². The topological polar surface area (TPSA) is 156 Å². The third-order valence-corrected chi connectivity index (χ3v) is 3.67. The molecule has 11 nitrogen and oxygen atoms in total. The minimum absolute atomic E-state index is 0.0466.